The van der Waals surface area contributed by atoms with Crippen LogP contribution >= 0.6 is 0 Å². The van der Waals surface area contributed by atoms with Gasteiger partial charge in [0.25, 0.3) is 0 Å². The van der Waals surface area contributed by atoms with Gasteiger partial charge in [-0.05, 0) is 18.9 Å². The molecule has 0 aromatic carbocycles. The molecule has 7 nitrogen and oxygen atoms in total. The van der Waals surface area contributed by atoms with Crippen molar-refractivity contribution >= 4 is 17.9 Å². The third-order valence-corrected chi connectivity index (χ3v) is 8.93. The summed E-state index contributed by atoms with van der Waals surface area (Å²) in [5.41, 5.74) is 0. The summed E-state index contributed by atoms with van der Waals surface area (Å²) >= 11 is 0. The third-order valence-electron chi connectivity index (χ3n) is 8.93. The van der Waals surface area contributed by atoms with E-state index in [2.05, 4.69) is 19.2 Å². The fourth-order valence-corrected chi connectivity index (χ4v) is 5.39. The Hall–Kier alpha value is -1.89. The number of hydrogen-bond acceptors (Lipinski definition) is 3. The minimum Gasteiger partial charge on any atom is -0.481 e. The van der Waals surface area contributed by atoms with Crippen LogP contribution in [0.1, 0.15) is 156 Å². The first-order valence-electron chi connectivity index (χ1n) is 17.3. The van der Waals surface area contributed by atoms with E-state index in [4.69, 9.17) is 0 Å². The molecule has 0 saturated heterocycles. The SMILES string of the molecule is CCCCCCCCCCCCCCCCCC/C=C/[N+](CCC(C)C(=O)O)(CCC(C)C(=O)O)CCC(C)C(=O)O. The predicted molar refractivity (Wildman–Crippen MR) is 172 cm³/mol. The molecular weight excluding hydrogens is 530 g/mol. The van der Waals surface area contributed by atoms with Crippen LogP contribution in [0.2, 0.25) is 0 Å². The molecule has 0 saturated carbocycles. The summed E-state index contributed by atoms with van der Waals surface area (Å²) in [6, 6.07) is 0. The Morgan fingerprint density at radius 3 is 1.10 bits per heavy atom. The highest BCUT2D eigenvalue weighted by atomic mass is 16.4. The highest BCUT2D eigenvalue weighted by Crippen LogP contribution is 2.22. The molecule has 0 amide bonds. The number of carboxylic acid groups (broad SMARTS) is 3. The molecule has 0 aliphatic heterocycles. The Kier molecular flexibility index (Phi) is 24.4. The van der Waals surface area contributed by atoms with Crippen molar-refractivity contribution in [3.05, 3.63) is 12.3 Å². The second-order valence-corrected chi connectivity index (χ2v) is 12.9. The van der Waals surface area contributed by atoms with Gasteiger partial charge in [0.1, 0.15) is 0 Å². The zero-order valence-corrected chi connectivity index (χ0v) is 27.7. The molecule has 246 valence electrons. The molecule has 0 rings (SSSR count). The number of quaternary nitrogens is 1. The summed E-state index contributed by atoms with van der Waals surface area (Å²) in [6.07, 6.45) is 27.9. The van der Waals surface area contributed by atoms with E-state index in [1.807, 2.05) is 0 Å². The quantitative estimate of drug-likeness (QED) is 0.0563. The Labute approximate surface area is 257 Å². The van der Waals surface area contributed by atoms with Gasteiger partial charge in [-0.1, -0.05) is 124 Å². The molecule has 0 aromatic heterocycles. The van der Waals surface area contributed by atoms with Gasteiger partial charge >= 0.3 is 17.9 Å². The lowest BCUT2D eigenvalue weighted by Gasteiger charge is -2.37. The lowest BCUT2D eigenvalue weighted by molar-refractivity contribution is -0.881. The van der Waals surface area contributed by atoms with E-state index in [0.29, 0.717) is 43.4 Å². The van der Waals surface area contributed by atoms with Crippen LogP contribution in [0.25, 0.3) is 0 Å². The third kappa shape index (κ3) is 21.8. The zero-order valence-electron chi connectivity index (χ0n) is 27.7. The average molecular weight is 597 g/mol. The second kappa shape index (κ2) is 25.6. The first-order chi connectivity index (χ1) is 20.0. The smallest absolute Gasteiger partial charge is 0.306 e. The van der Waals surface area contributed by atoms with Crippen LogP contribution in [0.5, 0.6) is 0 Å². The van der Waals surface area contributed by atoms with Crippen LogP contribution in [-0.2, 0) is 14.4 Å². The second-order valence-electron chi connectivity index (χ2n) is 12.9. The minimum absolute atomic E-state index is 0.436. The standard InChI is InChI=1S/C35H65NO6/c1-5-6-7-8-9-10-11-12-13-14-15-16-17-18-19-20-21-22-26-36(27-23-30(2)33(37)38,28-24-31(3)34(39)40)29-25-32(4)35(41)42/h22,26,30-32H,5-21,23-25,27-29H2,1-4H3,(H2-,37,38,39,40,41,42)/p+1/b26-22+. The van der Waals surface area contributed by atoms with Gasteiger partial charge < -0.3 is 15.3 Å². The van der Waals surface area contributed by atoms with Gasteiger partial charge in [-0.15, -0.1) is 0 Å². The van der Waals surface area contributed by atoms with Gasteiger partial charge in [0.2, 0.25) is 0 Å². The molecule has 0 aliphatic rings. The molecule has 3 atom stereocenters. The van der Waals surface area contributed by atoms with Gasteiger partial charge in [-0.25, -0.2) is 0 Å². The Balaban J connectivity index is 4.59. The maximum Gasteiger partial charge on any atom is 0.306 e. The van der Waals surface area contributed by atoms with E-state index in [1.165, 1.54) is 96.3 Å². The van der Waals surface area contributed by atoms with Crippen molar-refractivity contribution in [2.75, 3.05) is 19.6 Å². The molecule has 0 fully saturated rings. The van der Waals surface area contributed by atoms with Gasteiger partial charge in [-0.3, -0.25) is 18.9 Å². The van der Waals surface area contributed by atoms with Crippen molar-refractivity contribution in [3.8, 4) is 0 Å². The first-order valence-corrected chi connectivity index (χ1v) is 17.3. The highest BCUT2D eigenvalue weighted by Gasteiger charge is 2.30. The molecule has 0 heterocycles. The van der Waals surface area contributed by atoms with Crippen molar-refractivity contribution in [2.45, 2.75) is 156 Å². The number of aliphatic carboxylic acids is 3. The first kappa shape index (κ1) is 40.1. The number of unbranched alkanes of at least 4 members (excludes halogenated alkanes) is 16. The van der Waals surface area contributed by atoms with Gasteiger partial charge in [0.15, 0.2) is 0 Å². The highest BCUT2D eigenvalue weighted by molar-refractivity contribution is 5.70. The fourth-order valence-electron chi connectivity index (χ4n) is 5.39. The van der Waals surface area contributed by atoms with Crippen molar-refractivity contribution < 1.29 is 34.2 Å². The van der Waals surface area contributed by atoms with E-state index in [1.54, 1.807) is 20.8 Å². The molecule has 0 spiro atoms. The van der Waals surface area contributed by atoms with Crippen LogP contribution in [0.4, 0.5) is 0 Å². The molecule has 3 unspecified atom stereocenters. The molecule has 3 N–H and O–H groups in total. The summed E-state index contributed by atoms with van der Waals surface area (Å²) in [7, 11) is 0. The Bertz CT molecular complexity index is 677. The van der Waals surface area contributed by atoms with Crippen LogP contribution in [0.15, 0.2) is 12.3 Å². The van der Waals surface area contributed by atoms with E-state index in [-0.39, 0.29) is 0 Å². The van der Waals surface area contributed by atoms with Crippen LogP contribution in [0.3, 0.4) is 0 Å². The van der Waals surface area contributed by atoms with Crippen molar-refractivity contribution in [3.63, 3.8) is 0 Å². The normalized spacial score (nSPS) is 15.3. The lowest BCUT2D eigenvalue weighted by Crippen LogP contribution is -2.47. The van der Waals surface area contributed by atoms with Gasteiger partial charge in [-0.2, -0.15) is 0 Å². The number of nitrogens with zero attached hydrogens (tertiary/aromatic N) is 1. The molecule has 0 bridgehead atoms. The average Bonchev–Trinajstić information content (AvgIpc) is 2.96. The molecule has 7 heteroatoms. The predicted octanol–water partition coefficient (Wildman–Crippen LogP) is 9.30. The van der Waals surface area contributed by atoms with Crippen molar-refractivity contribution in [2.24, 2.45) is 17.8 Å². The van der Waals surface area contributed by atoms with Crippen LogP contribution in [0, 0.1) is 17.8 Å². The number of carboxylic acids is 3. The summed E-state index contributed by atoms with van der Waals surface area (Å²) in [5.74, 6) is -4.06. The number of hydrogen-bond donors (Lipinski definition) is 3. The van der Waals surface area contributed by atoms with Crippen LogP contribution < -0.4 is 0 Å². The van der Waals surface area contributed by atoms with E-state index >= 15 is 0 Å². The topological polar surface area (TPSA) is 112 Å². The van der Waals surface area contributed by atoms with Crippen molar-refractivity contribution in [1.82, 2.24) is 0 Å². The molecule has 0 radical (unpaired) electrons. The number of allylic oxidation sites excluding steroid dienone is 1. The molecular formula is C35H66NO6+. The fraction of sp³-hybridized carbons (Fsp3) is 0.857. The van der Waals surface area contributed by atoms with Crippen molar-refractivity contribution in [1.29, 1.82) is 0 Å². The summed E-state index contributed by atoms with van der Waals surface area (Å²) in [6.45, 7) is 9.01. The number of rotatable bonds is 30. The largest absolute Gasteiger partial charge is 0.481 e. The van der Waals surface area contributed by atoms with E-state index < -0.39 is 35.7 Å². The summed E-state index contributed by atoms with van der Waals surface area (Å²) in [5, 5.41) is 28.3. The maximum absolute atomic E-state index is 11.5. The number of carbonyl (C=O) groups is 3. The Morgan fingerprint density at radius 1 is 0.524 bits per heavy atom. The maximum atomic E-state index is 11.5. The molecule has 0 aromatic rings. The molecule has 42 heavy (non-hydrogen) atoms. The monoisotopic (exact) mass is 596 g/mol. The lowest BCUT2D eigenvalue weighted by atomic mass is 10.0. The minimum atomic E-state index is -0.844. The van der Waals surface area contributed by atoms with Crippen LogP contribution in [-0.4, -0.2) is 57.3 Å². The van der Waals surface area contributed by atoms with E-state index in [0.717, 1.165) is 12.8 Å². The zero-order chi connectivity index (χ0) is 31.6. The van der Waals surface area contributed by atoms with E-state index in [9.17, 15) is 29.7 Å². The summed E-state index contributed by atoms with van der Waals surface area (Å²) in [4.78, 5) is 34.4. The van der Waals surface area contributed by atoms with Gasteiger partial charge in [0.05, 0.1) is 43.6 Å². The van der Waals surface area contributed by atoms with Gasteiger partial charge in [0, 0.05) is 19.3 Å². The Morgan fingerprint density at radius 2 is 0.810 bits per heavy atom. The molecule has 0 aliphatic carbocycles. The summed E-state index contributed by atoms with van der Waals surface area (Å²) < 4.78 is 0.436.